The van der Waals surface area contributed by atoms with Gasteiger partial charge in [-0.3, -0.25) is 4.98 Å². The first-order valence-corrected chi connectivity index (χ1v) is 6.94. The fraction of sp³-hybridized carbons (Fsp3) is 0.357. The van der Waals surface area contributed by atoms with Crippen LogP contribution in [0.25, 0.3) is 10.9 Å². The Balaban J connectivity index is 2.72. The molecular weight excluding hydrogens is 267 g/mol. The van der Waals surface area contributed by atoms with Crippen LogP contribution in [0, 0.1) is 0 Å². The Kier molecular flexibility index (Phi) is 4.31. The molecule has 2 rings (SSSR count). The molecule has 0 bridgehead atoms. The van der Waals surface area contributed by atoms with Crippen LogP contribution in [-0.4, -0.2) is 11.5 Å². The second-order valence-electron chi connectivity index (χ2n) is 4.19. The minimum atomic E-state index is 0.645. The Labute approximate surface area is 117 Å². The van der Waals surface area contributed by atoms with Gasteiger partial charge in [0.05, 0.1) is 15.6 Å². The number of pyridine rings is 1. The van der Waals surface area contributed by atoms with E-state index in [1.54, 1.807) is 6.07 Å². The lowest BCUT2D eigenvalue weighted by molar-refractivity contribution is 0.890. The summed E-state index contributed by atoms with van der Waals surface area (Å²) in [7, 11) is 0. The summed E-state index contributed by atoms with van der Waals surface area (Å²) < 4.78 is 0. The molecule has 2 nitrogen and oxygen atoms in total. The van der Waals surface area contributed by atoms with Crippen LogP contribution in [-0.2, 0) is 6.42 Å². The van der Waals surface area contributed by atoms with Gasteiger partial charge in [0, 0.05) is 23.3 Å². The van der Waals surface area contributed by atoms with Gasteiger partial charge in [-0.15, -0.1) is 0 Å². The lowest BCUT2D eigenvalue weighted by Crippen LogP contribution is -2.01. The molecule has 2 aromatic rings. The highest BCUT2D eigenvalue weighted by Crippen LogP contribution is 2.34. The van der Waals surface area contributed by atoms with E-state index in [-0.39, 0.29) is 0 Å². The highest BCUT2D eigenvalue weighted by Gasteiger charge is 2.11. The summed E-state index contributed by atoms with van der Waals surface area (Å²) in [6.07, 6.45) is 2.00. The zero-order chi connectivity index (χ0) is 13.1. The van der Waals surface area contributed by atoms with Crippen molar-refractivity contribution in [3.8, 4) is 0 Å². The second kappa shape index (κ2) is 5.77. The number of benzene rings is 1. The molecule has 4 heteroatoms. The number of aryl methyl sites for hydroxylation is 1. The average Bonchev–Trinajstić information content (AvgIpc) is 2.34. The van der Waals surface area contributed by atoms with E-state index in [1.165, 1.54) is 0 Å². The maximum Gasteiger partial charge on any atom is 0.0927 e. The van der Waals surface area contributed by atoms with Crippen molar-refractivity contribution in [3.63, 3.8) is 0 Å². The van der Waals surface area contributed by atoms with Crippen LogP contribution >= 0.6 is 23.2 Å². The lowest BCUT2D eigenvalue weighted by atomic mass is 10.1. The molecular formula is C14H16Cl2N2. The maximum absolute atomic E-state index is 6.26. The topological polar surface area (TPSA) is 24.9 Å². The van der Waals surface area contributed by atoms with Crippen molar-refractivity contribution in [3.05, 3.63) is 33.9 Å². The third kappa shape index (κ3) is 2.55. The molecule has 0 atom stereocenters. The number of anilines is 1. The number of halogens is 2. The summed E-state index contributed by atoms with van der Waals surface area (Å²) in [6, 6.07) is 5.68. The van der Waals surface area contributed by atoms with Crippen molar-refractivity contribution >= 4 is 39.8 Å². The second-order valence-corrected chi connectivity index (χ2v) is 5.01. The van der Waals surface area contributed by atoms with Crippen LogP contribution in [0.4, 0.5) is 5.69 Å². The monoisotopic (exact) mass is 282 g/mol. The summed E-state index contributed by atoms with van der Waals surface area (Å²) in [4.78, 5) is 4.61. The predicted molar refractivity (Wildman–Crippen MR) is 79.9 cm³/mol. The van der Waals surface area contributed by atoms with E-state index >= 15 is 0 Å². The molecule has 1 N–H and O–H groups in total. The lowest BCUT2D eigenvalue weighted by Gasteiger charge is -2.12. The Morgan fingerprint density at radius 2 is 1.89 bits per heavy atom. The van der Waals surface area contributed by atoms with E-state index in [0.29, 0.717) is 10.0 Å². The summed E-state index contributed by atoms with van der Waals surface area (Å²) in [5.41, 5.74) is 2.84. The van der Waals surface area contributed by atoms with E-state index in [0.717, 1.165) is 41.7 Å². The highest BCUT2D eigenvalue weighted by molar-refractivity contribution is 6.40. The van der Waals surface area contributed by atoms with Crippen molar-refractivity contribution in [2.75, 3.05) is 11.9 Å². The van der Waals surface area contributed by atoms with Crippen LogP contribution in [0.2, 0.25) is 10.0 Å². The van der Waals surface area contributed by atoms with E-state index in [4.69, 9.17) is 23.2 Å². The SMILES string of the molecule is CCCc1cc(NCC)c2c(Cl)ccc(Cl)c2n1. The van der Waals surface area contributed by atoms with Crippen molar-refractivity contribution < 1.29 is 0 Å². The fourth-order valence-electron chi connectivity index (χ4n) is 2.04. The van der Waals surface area contributed by atoms with Gasteiger partial charge in [0.25, 0.3) is 0 Å². The molecule has 0 aliphatic rings. The van der Waals surface area contributed by atoms with Gasteiger partial charge >= 0.3 is 0 Å². The molecule has 1 heterocycles. The molecule has 0 radical (unpaired) electrons. The molecule has 0 aliphatic heterocycles. The van der Waals surface area contributed by atoms with Crippen LogP contribution in [0.3, 0.4) is 0 Å². The number of aromatic nitrogens is 1. The molecule has 0 saturated carbocycles. The van der Waals surface area contributed by atoms with E-state index in [9.17, 15) is 0 Å². The van der Waals surface area contributed by atoms with Crippen molar-refractivity contribution in [1.29, 1.82) is 0 Å². The Hall–Kier alpha value is -0.990. The standard InChI is InChI=1S/C14H16Cl2N2/c1-3-5-9-8-12(17-4-2)13-10(15)6-7-11(16)14(13)18-9/h6-8H,3-5H2,1-2H3,(H,17,18). The molecule has 18 heavy (non-hydrogen) atoms. The first-order chi connectivity index (χ1) is 8.67. The van der Waals surface area contributed by atoms with Gasteiger partial charge in [0.1, 0.15) is 0 Å². The third-order valence-electron chi connectivity index (χ3n) is 2.79. The number of nitrogens with zero attached hydrogens (tertiary/aromatic N) is 1. The molecule has 0 amide bonds. The molecule has 96 valence electrons. The maximum atomic E-state index is 6.26. The van der Waals surface area contributed by atoms with E-state index in [2.05, 4.69) is 30.2 Å². The summed E-state index contributed by atoms with van der Waals surface area (Å²) in [5, 5.41) is 5.57. The quantitative estimate of drug-likeness (QED) is 0.860. The zero-order valence-corrected chi connectivity index (χ0v) is 12.1. The highest BCUT2D eigenvalue weighted by atomic mass is 35.5. The summed E-state index contributed by atoms with van der Waals surface area (Å²) >= 11 is 12.5. The van der Waals surface area contributed by atoms with Gasteiger partial charge in [-0.05, 0) is 31.5 Å². The molecule has 0 saturated heterocycles. The predicted octanol–water partition coefficient (Wildman–Crippen LogP) is 4.93. The largest absolute Gasteiger partial charge is 0.385 e. The smallest absolute Gasteiger partial charge is 0.0927 e. The van der Waals surface area contributed by atoms with Crippen molar-refractivity contribution in [1.82, 2.24) is 4.98 Å². The Morgan fingerprint density at radius 3 is 2.56 bits per heavy atom. The number of nitrogens with one attached hydrogen (secondary N) is 1. The number of hydrogen-bond acceptors (Lipinski definition) is 2. The summed E-state index contributed by atoms with van der Waals surface area (Å²) in [6.45, 7) is 5.04. The molecule has 0 unspecified atom stereocenters. The van der Waals surface area contributed by atoms with Gasteiger partial charge in [0.15, 0.2) is 0 Å². The molecule has 0 spiro atoms. The minimum Gasteiger partial charge on any atom is -0.385 e. The zero-order valence-electron chi connectivity index (χ0n) is 10.6. The average molecular weight is 283 g/mol. The van der Waals surface area contributed by atoms with E-state index in [1.807, 2.05) is 6.07 Å². The van der Waals surface area contributed by atoms with Crippen LogP contribution < -0.4 is 5.32 Å². The Morgan fingerprint density at radius 1 is 1.17 bits per heavy atom. The molecule has 1 aromatic heterocycles. The van der Waals surface area contributed by atoms with Gasteiger partial charge in [-0.1, -0.05) is 36.5 Å². The van der Waals surface area contributed by atoms with E-state index < -0.39 is 0 Å². The van der Waals surface area contributed by atoms with Gasteiger partial charge < -0.3 is 5.32 Å². The molecule has 1 aromatic carbocycles. The first kappa shape index (κ1) is 13.4. The van der Waals surface area contributed by atoms with Crippen LogP contribution in [0.1, 0.15) is 26.0 Å². The Bertz CT molecular complexity index is 567. The van der Waals surface area contributed by atoms with Crippen molar-refractivity contribution in [2.45, 2.75) is 26.7 Å². The normalized spacial score (nSPS) is 10.9. The summed E-state index contributed by atoms with van der Waals surface area (Å²) in [5.74, 6) is 0. The number of hydrogen-bond donors (Lipinski definition) is 1. The van der Waals surface area contributed by atoms with Crippen LogP contribution in [0.5, 0.6) is 0 Å². The third-order valence-corrected chi connectivity index (χ3v) is 3.41. The van der Waals surface area contributed by atoms with Gasteiger partial charge in [-0.2, -0.15) is 0 Å². The van der Waals surface area contributed by atoms with Gasteiger partial charge in [-0.25, -0.2) is 0 Å². The molecule has 0 aliphatic carbocycles. The van der Waals surface area contributed by atoms with Crippen LogP contribution in [0.15, 0.2) is 18.2 Å². The molecule has 0 fully saturated rings. The fourth-order valence-corrected chi connectivity index (χ4v) is 2.49. The number of rotatable bonds is 4. The van der Waals surface area contributed by atoms with Gasteiger partial charge in [0.2, 0.25) is 0 Å². The first-order valence-electron chi connectivity index (χ1n) is 6.18. The minimum absolute atomic E-state index is 0.645. The number of fused-ring (bicyclic) bond motifs is 1. The van der Waals surface area contributed by atoms with Crippen molar-refractivity contribution in [2.24, 2.45) is 0 Å².